The van der Waals surface area contributed by atoms with Crippen LogP contribution >= 0.6 is 0 Å². The van der Waals surface area contributed by atoms with E-state index in [1.165, 1.54) is 11.1 Å². The molecule has 0 aliphatic carbocycles. The van der Waals surface area contributed by atoms with Gasteiger partial charge in [0.1, 0.15) is 5.83 Å². The SMILES string of the molecule is C=C/C=C(\C=C/C)C1=C/N2C=CN(Cc3ccc(C)cc3)C(=C2)/C=C(\F)C\1=C. The maximum atomic E-state index is 15.0. The van der Waals surface area contributed by atoms with E-state index in [1.807, 2.05) is 59.8 Å². The Hall–Kier alpha value is -3.33. The number of hydrogen-bond donors (Lipinski definition) is 0. The standard InChI is InChI=1S/C25H25FN2/c1-5-7-22(8-6-2)24-18-27-13-14-28(16-21-11-9-19(3)10-12-21)23(17-27)15-25(26)20(24)4/h5-15,17-18H,1,4,16H2,2-3H3/b8-6-,22-7+,24-18+,25-15-. The molecule has 0 saturated carbocycles. The van der Waals surface area contributed by atoms with E-state index in [-0.39, 0.29) is 5.83 Å². The van der Waals surface area contributed by atoms with E-state index in [2.05, 4.69) is 44.3 Å². The predicted molar refractivity (Wildman–Crippen MR) is 115 cm³/mol. The van der Waals surface area contributed by atoms with Crippen molar-refractivity contribution in [1.29, 1.82) is 0 Å². The second-order valence-electron chi connectivity index (χ2n) is 6.78. The van der Waals surface area contributed by atoms with Gasteiger partial charge in [0, 0.05) is 42.5 Å². The highest BCUT2D eigenvalue weighted by Gasteiger charge is 2.20. The highest BCUT2D eigenvalue weighted by molar-refractivity contribution is 5.59. The quantitative estimate of drug-likeness (QED) is 0.550. The summed E-state index contributed by atoms with van der Waals surface area (Å²) in [6.07, 6.45) is 16.7. The molecule has 0 aromatic heterocycles. The second kappa shape index (κ2) is 8.57. The summed E-state index contributed by atoms with van der Waals surface area (Å²) in [4.78, 5) is 3.96. The van der Waals surface area contributed by atoms with Gasteiger partial charge in [0.05, 0.1) is 5.70 Å². The van der Waals surface area contributed by atoms with Crippen molar-refractivity contribution >= 4 is 0 Å². The van der Waals surface area contributed by atoms with Crippen molar-refractivity contribution in [3.05, 3.63) is 132 Å². The number of halogens is 1. The van der Waals surface area contributed by atoms with Crippen LogP contribution in [0.25, 0.3) is 0 Å². The fourth-order valence-electron chi connectivity index (χ4n) is 3.11. The minimum Gasteiger partial charge on any atom is -0.341 e. The van der Waals surface area contributed by atoms with Crippen LogP contribution in [0.1, 0.15) is 18.1 Å². The molecule has 2 bridgehead atoms. The van der Waals surface area contributed by atoms with Crippen LogP contribution in [0.4, 0.5) is 4.39 Å². The highest BCUT2D eigenvalue weighted by atomic mass is 19.1. The maximum absolute atomic E-state index is 15.0. The van der Waals surface area contributed by atoms with Crippen molar-refractivity contribution in [3.63, 3.8) is 0 Å². The van der Waals surface area contributed by atoms with Gasteiger partial charge < -0.3 is 9.80 Å². The van der Waals surface area contributed by atoms with Crippen LogP contribution in [0.5, 0.6) is 0 Å². The first-order chi connectivity index (χ1) is 13.5. The Morgan fingerprint density at radius 1 is 1.14 bits per heavy atom. The van der Waals surface area contributed by atoms with Crippen LogP contribution < -0.4 is 0 Å². The zero-order valence-electron chi connectivity index (χ0n) is 16.4. The summed E-state index contributed by atoms with van der Waals surface area (Å²) in [5, 5.41) is 0. The molecule has 0 saturated heterocycles. The lowest BCUT2D eigenvalue weighted by Gasteiger charge is -2.30. The van der Waals surface area contributed by atoms with Crippen LogP contribution in [0.15, 0.2) is 121 Å². The average molecular weight is 372 g/mol. The van der Waals surface area contributed by atoms with Crippen molar-refractivity contribution in [2.75, 3.05) is 0 Å². The Bertz CT molecular complexity index is 953. The molecule has 3 heteroatoms. The summed E-state index contributed by atoms with van der Waals surface area (Å²) < 4.78 is 15.0. The van der Waals surface area contributed by atoms with Crippen molar-refractivity contribution in [2.45, 2.75) is 20.4 Å². The molecule has 0 radical (unpaired) electrons. The zero-order valence-corrected chi connectivity index (χ0v) is 16.4. The van der Waals surface area contributed by atoms with Crippen LogP contribution in [0.3, 0.4) is 0 Å². The Morgan fingerprint density at radius 3 is 2.57 bits per heavy atom. The number of allylic oxidation sites excluding steroid dienone is 9. The van der Waals surface area contributed by atoms with Gasteiger partial charge in [0.25, 0.3) is 0 Å². The van der Waals surface area contributed by atoms with Crippen molar-refractivity contribution in [1.82, 2.24) is 9.80 Å². The molecule has 28 heavy (non-hydrogen) atoms. The molecular formula is C25H25FN2. The normalized spacial score (nSPS) is 20.9. The maximum Gasteiger partial charge on any atom is 0.132 e. The number of benzene rings is 1. The van der Waals surface area contributed by atoms with E-state index in [1.54, 1.807) is 12.2 Å². The Kier molecular flexibility index (Phi) is 5.95. The summed E-state index contributed by atoms with van der Waals surface area (Å²) in [5.74, 6) is -0.346. The third kappa shape index (κ3) is 4.32. The summed E-state index contributed by atoms with van der Waals surface area (Å²) >= 11 is 0. The molecule has 0 fully saturated rings. The molecule has 1 aromatic rings. The molecule has 0 unspecified atom stereocenters. The predicted octanol–water partition coefficient (Wildman–Crippen LogP) is 6.42. The molecule has 2 aliphatic rings. The minimum atomic E-state index is -0.346. The monoisotopic (exact) mass is 372 g/mol. The Morgan fingerprint density at radius 2 is 1.89 bits per heavy atom. The molecule has 1 aromatic carbocycles. The molecule has 142 valence electrons. The average Bonchev–Trinajstić information content (AvgIpc) is 2.68. The number of hydrogen-bond acceptors (Lipinski definition) is 2. The molecule has 2 heterocycles. The van der Waals surface area contributed by atoms with Gasteiger partial charge in [-0.1, -0.05) is 67.3 Å². The van der Waals surface area contributed by atoms with Crippen molar-refractivity contribution in [3.8, 4) is 0 Å². The van der Waals surface area contributed by atoms with E-state index >= 15 is 0 Å². The molecule has 3 rings (SSSR count). The van der Waals surface area contributed by atoms with Crippen LogP contribution in [-0.4, -0.2) is 9.80 Å². The first-order valence-electron chi connectivity index (χ1n) is 9.26. The lowest BCUT2D eigenvalue weighted by atomic mass is 9.96. The van der Waals surface area contributed by atoms with Gasteiger partial charge >= 0.3 is 0 Å². The van der Waals surface area contributed by atoms with Gasteiger partial charge in [0.2, 0.25) is 0 Å². The van der Waals surface area contributed by atoms with E-state index in [4.69, 9.17) is 0 Å². The van der Waals surface area contributed by atoms with Crippen LogP contribution in [0, 0.1) is 6.92 Å². The number of fused-ring (bicyclic) bond motifs is 1. The molecule has 2 nitrogen and oxygen atoms in total. The summed E-state index contributed by atoms with van der Waals surface area (Å²) in [5.41, 5.74) is 5.10. The number of aryl methyl sites for hydroxylation is 1. The van der Waals surface area contributed by atoms with Gasteiger partial charge in [-0.15, -0.1) is 0 Å². The zero-order chi connectivity index (χ0) is 20.1. The van der Waals surface area contributed by atoms with E-state index < -0.39 is 0 Å². The molecular weight excluding hydrogens is 347 g/mol. The first-order valence-corrected chi connectivity index (χ1v) is 9.26. The van der Waals surface area contributed by atoms with Crippen molar-refractivity contribution < 1.29 is 4.39 Å². The number of rotatable bonds is 5. The molecule has 0 amide bonds. The van der Waals surface area contributed by atoms with E-state index in [0.717, 1.165) is 16.8 Å². The van der Waals surface area contributed by atoms with Gasteiger partial charge in [-0.3, -0.25) is 0 Å². The van der Waals surface area contributed by atoms with E-state index in [9.17, 15) is 4.39 Å². The third-order valence-electron chi connectivity index (χ3n) is 4.63. The summed E-state index contributed by atoms with van der Waals surface area (Å²) in [6.45, 7) is 12.4. The lowest BCUT2D eigenvalue weighted by molar-refractivity contribution is 0.429. The minimum absolute atomic E-state index is 0.346. The molecule has 0 N–H and O–H groups in total. The number of nitrogens with zero attached hydrogens (tertiary/aromatic N) is 2. The van der Waals surface area contributed by atoms with Crippen LogP contribution in [0.2, 0.25) is 0 Å². The fraction of sp³-hybridized carbons (Fsp3) is 0.120. The molecule has 2 aliphatic heterocycles. The first kappa shape index (κ1) is 19.4. The van der Waals surface area contributed by atoms with Gasteiger partial charge in [-0.25, -0.2) is 4.39 Å². The summed E-state index contributed by atoms with van der Waals surface area (Å²) in [7, 11) is 0. The van der Waals surface area contributed by atoms with Gasteiger partial charge in [0.15, 0.2) is 0 Å². The topological polar surface area (TPSA) is 6.48 Å². The second-order valence-corrected chi connectivity index (χ2v) is 6.78. The summed E-state index contributed by atoms with van der Waals surface area (Å²) in [6, 6.07) is 8.37. The smallest absolute Gasteiger partial charge is 0.132 e. The Balaban J connectivity index is 1.95. The van der Waals surface area contributed by atoms with Gasteiger partial charge in [-0.05, 0) is 31.1 Å². The largest absolute Gasteiger partial charge is 0.341 e. The van der Waals surface area contributed by atoms with Gasteiger partial charge in [-0.2, -0.15) is 0 Å². The lowest BCUT2D eigenvalue weighted by Crippen LogP contribution is -2.23. The van der Waals surface area contributed by atoms with Crippen LogP contribution in [-0.2, 0) is 6.54 Å². The third-order valence-corrected chi connectivity index (χ3v) is 4.63. The molecule has 0 atom stereocenters. The molecule has 0 spiro atoms. The van der Waals surface area contributed by atoms with E-state index in [0.29, 0.717) is 12.1 Å². The highest BCUT2D eigenvalue weighted by Crippen LogP contribution is 2.32. The Labute approximate surface area is 167 Å². The van der Waals surface area contributed by atoms with Crippen molar-refractivity contribution in [2.24, 2.45) is 0 Å². The fourth-order valence-corrected chi connectivity index (χ4v) is 3.11.